The van der Waals surface area contributed by atoms with Crippen LogP contribution in [0.4, 0.5) is 0 Å². The van der Waals surface area contributed by atoms with Gasteiger partial charge < -0.3 is 0 Å². The Morgan fingerprint density at radius 1 is 0.952 bits per heavy atom. The van der Waals surface area contributed by atoms with Crippen molar-refractivity contribution in [3.8, 4) is 0 Å². The van der Waals surface area contributed by atoms with Crippen LogP contribution in [0.2, 0.25) is 23.4 Å². The van der Waals surface area contributed by atoms with E-state index in [-0.39, 0.29) is 48.8 Å². The van der Waals surface area contributed by atoms with Crippen LogP contribution in [-0.2, 0) is 18.4 Å². The van der Waals surface area contributed by atoms with Gasteiger partial charge in [0.1, 0.15) is 0 Å². The standard InChI is InChI=1S/C13H22N.C3H9Si.2ClH.Ti/c1-8-9(2)11(4)12(10(8)3)14-13(5,6)7;1-4(2)3;;;/h14H,1-7H3;1-3H3;2*1H;. The Balaban J connectivity index is 0. The molecule has 0 heterocycles. The van der Waals surface area contributed by atoms with Gasteiger partial charge in [0.15, 0.2) is 0 Å². The molecule has 0 bridgehead atoms. The quantitative estimate of drug-likeness (QED) is 0.592. The molecule has 1 rings (SSSR count). The van der Waals surface area contributed by atoms with E-state index < -0.39 is 5.94 Å². The summed E-state index contributed by atoms with van der Waals surface area (Å²) in [6, 6.07) is 0. The molecule has 0 amide bonds. The molecule has 0 aromatic carbocycles. The molecule has 0 saturated carbocycles. The van der Waals surface area contributed by atoms with E-state index in [0.29, 0.717) is 3.72 Å². The van der Waals surface area contributed by atoms with Crippen LogP contribution >= 0.6 is 24.8 Å². The Labute approximate surface area is 153 Å². The summed E-state index contributed by atoms with van der Waals surface area (Å²) in [6.07, 6.45) is 0. The minimum Gasteiger partial charge on any atom is -0.147 e. The van der Waals surface area contributed by atoms with E-state index in [2.05, 4.69) is 73.4 Å². The summed E-state index contributed by atoms with van der Waals surface area (Å²) in [4.78, 5) is 0. The van der Waals surface area contributed by atoms with Crippen LogP contribution in [0, 0.1) is 0 Å². The van der Waals surface area contributed by atoms with Gasteiger partial charge in [-0.3, -0.25) is 0 Å². The van der Waals surface area contributed by atoms with E-state index in [1.54, 1.807) is 11.1 Å². The predicted octanol–water partition coefficient (Wildman–Crippen LogP) is 5.94. The fourth-order valence-corrected chi connectivity index (χ4v) is 14.0. The van der Waals surface area contributed by atoms with E-state index in [4.69, 9.17) is 0 Å². The molecule has 1 nitrogen and oxygen atoms in total. The summed E-state index contributed by atoms with van der Waals surface area (Å²) in [6.45, 7) is 23.9. The van der Waals surface area contributed by atoms with Gasteiger partial charge in [-0.1, -0.05) is 0 Å². The molecule has 1 aliphatic rings. The molecule has 1 unspecified atom stereocenters. The number of hydrogen-bond donors (Lipinski definition) is 1. The molecular weight excluding hydrogens is 353 g/mol. The summed E-state index contributed by atoms with van der Waals surface area (Å²) in [7, 11) is 0. The molecule has 1 atom stereocenters. The summed E-state index contributed by atoms with van der Waals surface area (Å²) in [5, 5.41) is 3.75. The van der Waals surface area contributed by atoms with Crippen LogP contribution in [0.3, 0.4) is 0 Å². The minimum absolute atomic E-state index is 0. The molecular formula is C16H33Cl2NSiTi. The third-order valence-corrected chi connectivity index (χ3v) is 12.2. The molecule has 0 aliphatic heterocycles. The summed E-state index contributed by atoms with van der Waals surface area (Å²) >= 11 is 0.0448. The average Bonchev–Trinajstić information content (AvgIpc) is 2.30. The van der Waals surface area contributed by atoms with E-state index in [0.717, 1.165) is 0 Å². The van der Waals surface area contributed by atoms with Crippen molar-refractivity contribution < 1.29 is 18.4 Å². The zero-order chi connectivity index (χ0) is 15.2. The van der Waals surface area contributed by atoms with Crippen molar-refractivity contribution in [2.24, 2.45) is 0 Å². The second kappa shape index (κ2) is 7.57. The van der Waals surface area contributed by atoms with Crippen LogP contribution in [0.25, 0.3) is 0 Å². The van der Waals surface area contributed by atoms with Crippen LogP contribution < -0.4 is 5.32 Å². The summed E-state index contributed by atoms with van der Waals surface area (Å²) in [5.74, 6) is -0.967. The average molecular weight is 386 g/mol. The predicted molar refractivity (Wildman–Crippen MR) is 100 cm³/mol. The van der Waals surface area contributed by atoms with Crippen molar-refractivity contribution >= 4 is 30.8 Å². The van der Waals surface area contributed by atoms with Crippen LogP contribution in [-0.4, -0.2) is 11.5 Å². The van der Waals surface area contributed by atoms with Crippen molar-refractivity contribution in [3.05, 3.63) is 22.4 Å². The van der Waals surface area contributed by atoms with E-state index in [9.17, 15) is 0 Å². The Kier molecular flexibility index (Phi) is 8.67. The monoisotopic (exact) mass is 385 g/mol. The Hall–Kier alpha value is 0.791. The SMILES string of the molecule is CC1=C(C)[C](C)([Ti][Si](C)(C)C)C(C)=C1NC(C)(C)C.Cl.Cl. The maximum Gasteiger partial charge on any atom is -0.147 e. The van der Waals surface area contributed by atoms with Crippen molar-refractivity contribution in [1.29, 1.82) is 0 Å². The van der Waals surface area contributed by atoms with E-state index >= 15 is 0 Å². The van der Waals surface area contributed by atoms with E-state index in [1.165, 1.54) is 11.3 Å². The molecule has 1 aliphatic carbocycles. The number of hydrogen-bond acceptors (Lipinski definition) is 1. The first-order valence-corrected chi connectivity index (χ1v) is 13.9. The summed E-state index contributed by atoms with van der Waals surface area (Å²) < 4.78 is 0.391. The Morgan fingerprint density at radius 3 is 1.71 bits per heavy atom. The van der Waals surface area contributed by atoms with Gasteiger partial charge in [0.25, 0.3) is 0 Å². The smallest absolute Gasteiger partial charge is 0.147 e. The van der Waals surface area contributed by atoms with Crippen LogP contribution in [0.5, 0.6) is 0 Å². The molecule has 0 radical (unpaired) electrons. The van der Waals surface area contributed by atoms with Crippen molar-refractivity contribution in [1.82, 2.24) is 5.32 Å². The molecule has 124 valence electrons. The van der Waals surface area contributed by atoms with Crippen molar-refractivity contribution in [2.75, 3.05) is 0 Å². The zero-order valence-electron chi connectivity index (χ0n) is 15.3. The first-order chi connectivity index (χ1) is 8.28. The maximum absolute atomic E-state index is 3.75. The normalized spacial score (nSPS) is 22.8. The van der Waals surface area contributed by atoms with Crippen molar-refractivity contribution in [3.63, 3.8) is 0 Å². The maximum atomic E-state index is 3.75. The second-order valence-corrected chi connectivity index (χ2v) is 22.6. The third-order valence-electron chi connectivity index (χ3n) is 3.94. The summed E-state index contributed by atoms with van der Waals surface area (Å²) in [5.41, 5.74) is 6.29. The fourth-order valence-electron chi connectivity index (χ4n) is 2.88. The largest absolute Gasteiger partial charge is 0.147 e. The number of rotatable bonds is 3. The minimum atomic E-state index is -0.967. The fraction of sp³-hybridized carbons (Fsp3) is 0.750. The Morgan fingerprint density at radius 2 is 1.38 bits per heavy atom. The molecule has 0 spiro atoms. The van der Waals surface area contributed by atoms with Gasteiger partial charge in [-0.25, -0.2) is 0 Å². The van der Waals surface area contributed by atoms with Gasteiger partial charge in [0.05, 0.1) is 0 Å². The van der Waals surface area contributed by atoms with Gasteiger partial charge in [-0.15, -0.1) is 24.8 Å². The van der Waals surface area contributed by atoms with Crippen LogP contribution in [0.1, 0.15) is 48.5 Å². The Bertz CT molecular complexity index is 444. The topological polar surface area (TPSA) is 12.0 Å². The molecule has 0 saturated heterocycles. The van der Waals surface area contributed by atoms with Gasteiger partial charge in [-0.05, 0) is 0 Å². The molecule has 0 aromatic rings. The van der Waals surface area contributed by atoms with E-state index in [1.807, 2.05) is 0 Å². The first kappa shape index (κ1) is 24.0. The third kappa shape index (κ3) is 5.73. The molecule has 5 heteroatoms. The molecule has 0 aromatic heterocycles. The van der Waals surface area contributed by atoms with Crippen molar-refractivity contribution in [2.45, 2.75) is 77.4 Å². The first-order valence-electron chi connectivity index (χ1n) is 7.25. The number of nitrogens with one attached hydrogen (secondary N) is 1. The van der Waals surface area contributed by atoms with Gasteiger partial charge in [0, 0.05) is 0 Å². The number of halogens is 2. The van der Waals surface area contributed by atoms with Crippen LogP contribution in [0.15, 0.2) is 22.4 Å². The van der Waals surface area contributed by atoms with Gasteiger partial charge in [0.2, 0.25) is 0 Å². The second-order valence-electron chi connectivity index (χ2n) is 8.12. The zero-order valence-corrected chi connectivity index (χ0v) is 19.5. The molecule has 1 N–H and O–H groups in total. The van der Waals surface area contributed by atoms with Gasteiger partial charge >= 0.3 is 129 Å². The van der Waals surface area contributed by atoms with Gasteiger partial charge in [-0.2, -0.15) is 0 Å². The molecule has 0 fully saturated rings. The number of allylic oxidation sites excluding steroid dienone is 3. The molecule has 21 heavy (non-hydrogen) atoms.